The molecule has 1 rings (SSSR count). The third kappa shape index (κ3) is 4.61. The van der Waals surface area contributed by atoms with Gasteiger partial charge in [0.25, 0.3) is 0 Å². The first-order valence-electron chi connectivity index (χ1n) is 4.91. The molecule has 0 bridgehead atoms. The van der Waals surface area contributed by atoms with Crippen LogP contribution >= 0.6 is 11.8 Å². The molecular weight excluding hydrogens is 245 g/mol. The van der Waals surface area contributed by atoms with Crippen molar-refractivity contribution >= 4 is 17.7 Å². The van der Waals surface area contributed by atoms with Gasteiger partial charge in [0.2, 0.25) is 0 Å². The van der Waals surface area contributed by atoms with Crippen molar-refractivity contribution in [1.29, 1.82) is 0 Å². The minimum absolute atomic E-state index is 0.153. The molecule has 0 amide bonds. The summed E-state index contributed by atoms with van der Waals surface area (Å²) in [6.45, 7) is 0.907. The second kappa shape index (κ2) is 5.77. The number of hydrogen-bond donors (Lipinski definition) is 1. The van der Waals surface area contributed by atoms with E-state index in [1.165, 1.54) is 0 Å². The van der Waals surface area contributed by atoms with Gasteiger partial charge in [0.1, 0.15) is 5.25 Å². The predicted octanol–water partition coefficient (Wildman–Crippen LogP) is 2.30. The Morgan fingerprint density at radius 1 is 1.44 bits per heavy atom. The van der Waals surface area contributed by atoms with Gasteiger partial charge in [-0.3, -0.25) is 4.79 Å². The van der Waals surface area contributed by atoms with Crippen molar-refractivity contribution in [2.45, 2.75) is 35.9 Å². The average molecular weight is 258 g/mol. The summed E-state index contributed by atoms with van der Waals surface area (Å²) >= 11 is 0.715. The van der Waals surface area contributed by atoms with Crippen LogP contribution < -0.4 is 0 Å². The number of ether oxygens (including phenoxy) is 1. The SMILES string of the molecule is O=C(O)CC(SC1CCOCC1)C(F)(F)F. The zero-order valence-electron chi connectivity index (χ0n) is 8.50. The van der Waals surface area contributed by atoms with Gasteiger partial charge in [-0.1, -0.05) is 0 Å². The minimum Gasteiger partial charge on any atom is -0.481 e. The van der Waals surface area contributed by atoms with E-state index < -0.39 is 23.8 Å². The van der Waals surface area contributed by atoms with Crippen LogP contribution in [0.2, 0.25) is 0 Å². The number of carbonyl (C=O) groups is 1. The molecule has 1 unspecified atom stereocenters. The molecule has 7 heteroatoms. The topological polar surface area (TPSA) is 46.5 Å². The maximum atomic E-state index is 12.5. The number of carboxylic acid groups (broad SMARTS) is 1. The Morgan fingerprint density at radius 3 is 2.44 bits per heavy atom. The first-order chi connectivity index (χ1) is 7.39. The monoisotopic (exact) mass is 258 g/mol. The summed E-state index contributed by atoms with van der Waals surface area (Å²) in [6, 6.07) is 0. The Morgan fingerprint density at radius 2 is 2.00 bits per heavy atom. The largest absolute Gasteiger partial charge is 0.481 e. The van der Waals surface area contributed by atoms with Gasteiger partial charge in [-0.15, -0.1) is 11.8 Å². The molecule has 1 saturated heterocycles. The van der Waals surface area contributed by atoms with Crippen molar-refractivity contribution in [1.82, 2.24) is 0 Å². The Bertz CT molecular complexity index is 239. The van der Waals surface area contributed by atoms with E-state index in [-0.39, 0.29) is 5.25 Å². The van der Waals surface area contributed by atoms with E-state index >= 15 is 0 Å². The van der Waals surface area contributed by atoms with Crippen molar-refractivity contribution in [3.05, 3.63) is 0 Å². The Hall–Kier alpha value is -0.430. The summed E-state index contributed by atoms with van der Waals surface area (Å²) in [5.74, 6) is -1.41. The zero-order valence-corrected chi connectivity index (χ0v) is 9.31. The number of rotatable bonds is 4. The molecule has 1 atom stereocenters. The van der Waals surface area contributed by atoms with E-state index in [9.17, 15) is 18.0 Å². The van der Waals surface area contributed by atoms with Crippen LogP contribution in [0.3, 0.4) is 0 Å². The number of aliphatic carboxylic acids is 1. The van der Waals surface area contributed by atoms with Gasteiger partial charge in [0.15, 0.2) is 0 Å². The number of alkyl halides is 3. The van der Waals surface area contributed by atoms with Gasteiger partial charge >= 0.3 is 12.1 Å². The Balaban J connectivity index is 2.51. The normalized spacial score (nSPS) is 20.7. The van der Waals surface area contributed by atoms with E-state index in [0.717, 1.165) is 0 Å². The highest BCUT2D eigenvalue weighted by Gasteiger charge is 2.42. The van der Waals surface area contributed by atoms with Crippen molar-refractivity contribution < 1.29 is 27.8 Å². The maximum absolute atomic E-state index is 12.5. The van der Waals surface area contributed by atoms with Crippen LogP contribution in [-0.2, 0) is 9.53 Å². The smallest absolute Gasteiger partial charge is 0.401 e. The van der Waals surface area contributed by atoms with Crippen LogP contribution in [-0.4, -0.2) is 41.0 Å². The van der Waals surface area contributed by atoms with Gasteiger partial charge in [-0.25, -0.2) is 0 Å². The highest BCUT2D eigenvalue weighted by atomic mass is 32.2. The highest BCUT2D eigenvalue weighted by molar-refractivity contribution is 8.00. The fourth-order valence-corrected chi connectivity index (χ4v) is 2.77. The molecule has 0 saturated carbocycles. The van der Waals surface area contributed by atoms with E-state index in [1.54, 1.807) is 0 Å². The van der Waals surface area contributed by atoms with Crippen molar-refractivity contribution in [2.75, 3.05) is 13.2 Å². The van der Waals surface area contributed by atoms with Crippen LogP contribution in [0.15, 0.2) is 0 Å². The fraction of sp³-hybridized carbons (Fsp3) is 0.889. The summed E-state index contributed by atoms with van der Waals surface area (Å²) in [4.78, 5) is 10.4. The van der Waals surface area contributed by atoms with E-state index in [2.05, 4.69) is 0 Å². The van der Waals surface area contributed by atoms with E-state index in [1.807, 2.05) is 0 Å². The third-order valence-corrected chi connectivity index (χ3v) is 3.87. The van der Waals surface area contributed by atoms with Crippen LogP contribution in [0.5, 0.6) is 0 Å². The van der Waals surface area contributed by atoms with Crippen molar-refractivity contribution in [3.63, 3.8) is 0 Å². The molecule has 1 aliphatic rings. The molecule has 0 spiro atoms. The van der Waals surface area contributed by atoms with Gasteiger partial charge in [-0.2, -0.15) is 13.2 Å². The first kappa shape index (κ1) is 13.6. The molecule has 1 fully saturated rings. The molecule has 0 aromatic carbocycles. The number of thioether (sulfide) groups is 1. The maximum Gasteiger partial charge on any atom is 0.401 e. The van der Waals surface area contributed by atoms with Gasteiger partial charge < -0.3 is 9.84 Å². The first-order valence-corrected chi connectivity index (χ1v) is 5.85. The van der Waals surface area contributed by atoms with Crippen molar-refractivity contribution in [2.24, 2.45) is 0 Å². The Labute approximate surface area is 95.3 Å². The van der Waals surface area contributed by atoms with Crippen molar-refractivity contribution in [3.8, 4) is 0 Å². The lowest BCUT2D eigenvalue weighted by Crippen LogP contribution is -2.32. The van der Waals surface area contributed by atoms with Crippen LogP contribution in [0.4, 0.5) is 13.2 Å². The highest BCUT2D eigenvalue weighted by Crippen LogP contribution is 2.37. The predicted molar refractivity (Wildman–Crippen MR) is 53.5 cm³/mol. The number of carboxylic acids is 1. The molecule has 0 aromatic rings. The van der Waals surface area contributed by atoms with Gasteiger partial charge in [0.05, 0.1) is 6.42 Å². The summed E-state index contributed by atoms with van der Waals surface area (Å²) in [5.41, 5.74) is 0. The third-order valence-electron chi connectivity index (χ3n) is 2.25. The second-order valence-electron chi connectivity index (χ2n) is 3.58. The molecule has 0 aromatic heterocycles. The molecular formula is C9H13F3O3S. The van der Waals surface area contributed by atoms with Crippen LogP contribution in [0.1, 0.15) is 19.3 Å². The standard InChI is InChI=1S/C9H13F3O3S/c10-9(11,12)7(5-8(13)14)16-6-1-3-15-4-2-6/h6-7H,1-5H2,(H,13,14). The molecule has 0 radical (unpaired) electrons. The van der Waals surface area contributed by atoms with E-state index in [4.69, 9.17) is 9.84 Å². The molecule has 94 valence electrons. The van der Waals surface area contributed by atoms with Gasteiger partial charge in [-0.05, 0) is 12.8 Å². The molecule has 1 aliphatic heterocycles. The molecule has 1 heterocycles. The average Bonchev–Trinajstić information content (AvgIpc) is 2.16. The second-order valence-corrected chi connectivity index (χ2v) is 5.08. The zero-order chi connectivity index (χ0) is 12.2. The molecule has 0 aliphatic carbocycles. The lowest BCUT2D eigenvalue weighted by molar-refractivity contribution is -0.150. The van der Waals surface area contributed by atoms with E-state index in [0.29, 0.717) is 37.8 Å². The lowest BCUT2D eigenvalue weighted by atomic mass is 10.2. The van der Waals surface area contributed by atoms with Crippen LogP contribution in [0.25, 0.3) is 0 Å². The fourth-order valence-electron chi connectivity index (χ4n) is 1.44. The summed E-state index contributed by atoms with van der Waals surface area (Å²) < 4.78 is 42.6. The van der Waals surface area contributed by atoms with Gasteiger partial charge in [0, 0.05) is 18.5 Å². The number of halogens is 3. The van der Waals surface area contributed by atoms with Crippen LogP contribution in [0, 0.1) is 0 Å². The Kier molecular flexibility index (Phi) is 4.91. The lowest BCUT2D eigenvalue weighted by Gasteiger charge is -2.26. The molecule has 16 heavy (non-hydrogen) atoms. The molecule has 1 N–H and O–H groups in total. The minimum atomic E-state index is -4.46. The quantitative estimate of drug-likeness (QED) is 0.840. The summed E-state index contributed by atoms with van der Waals surface area (Å²) in [7, 11) is 0. The summed E-state index contributed by atoms with van der Waals surface area (Å²) in [6.07, 6.45) is -4.22. The number of hydrogen-bond acceptors (Lipinski definition) is 3. The molecule has 3 nitrogen and oxygen atoms in total. The summed E-state index contributed by atoms with van der Waals surface area (Å²) in [5, 5.41) is 6.47.